The van der Waals surface area contributed by atoms with E-state index in [9.17, 15) is 0 Å². The number of piperazine rings is 1. The van der Waals surface area contributed by atoms with Gasteiger partial charge in [0.05, 0.1) is 0 Å². The first kappa shape index (κ1) is 16.3. The SMILES string of the molecule is CCCCC[C@@H](c1cc(Cl)ccc1Br)N1CCNCC1. The van der Waals surface area contributed by atoms with E-state index < -0.39 is 0 Å². The summed E-state index contributed by atoms with van der Waals surface area (Å²) in [5.74, 6) is 0. The van der Waals surface area contributed by atoms with Crippen molar-refractivity contribution in [1.29, 1.82) is 0 Å². The predicted octanol–water partition coefficient (Wildman–Crippen LogP) is 4.63. The molecule has 1 fully saturated rings. The monoisotopic (exact) mass is 358 g/mol. The van der Waals surface area contributed by atoms with Crippen LogP contribution in [0.2, 0.25) is 5.02 Å². The molecule has 1 heterocycles. The lowest BCUT2D eigenvalue weighted by atomic mass is 9.98. The van der Waals surface area contributed by atoms with Gasteiger partial charge in [0.25, 0.3) is 0 Å². The van der Waals surface area contributed by atoms with E-state index in [2.05, 4.69) is 45.2 Å². The second-order valence-electron chi connectivity index (χ2n) is 5.46. The molecule has 1 N–H and O–H groups in total. The maximum absolute atomic E-state index is 6.21. The summed E-state index contributed by atoms with van der Waals surface area (Å²) < 4.78 is 1.18. The smallest absolute Gasteiger partial charge is 0.0410 e. The Hall–Kier alpha value is -0.0900. The van der Waals surface area contributed by atoms with Gasteiger partial charge in [0.2, 0.25) is 0 Å². The Morgan fingerprint density at radius 2 is 2.05 bits per heavy atom. The lowest BCUT2D eigenvalue weighted by molar-refractivity contribution is 0.162. The van der Waals surface area contributed by atoms with E-state index in [-0.39, 0.29) is 0 Å². The lowest BCUT2D eigenvalue weighted by Crippen LogP contribution is -2.45. The number of hydrogen-bond acceptors (Lipinski definition) is 2. The van der Waals surface area contributed by atoms with Gasteiger partial charge in [-0.1, -0.05) is 53.7 Å². The molecule has 4 heteroatoms. The summed E-state index contributed by atoms with van der Waals surface area (Å²) in [5, 5.41) is 4.27. The molecular weight excluding hydrogens is 336 g/mol. The predicted molar refractivity (Wildman–Crippen MR) is 90.5 cm³/mol. The summed E-state index contributed by atoms with van der Waals surface area (Å²) in [4.78, 5) is 2.60. The van der Waals surface area contributed by atoms with Crippen molar-refractivity contribution in [3.8, 4) is 0 Å². The van der Waals surface area contributed by atoms with Crippen LogP contribution < -0.4 is 5.32 Å². The van der Waals surface area contributed by atoms with Crippen LogP contribution in [0.25, 0.3) is 0 Å². The third-order valence-corrected chi connectivity index (χ3v) is 4.95. The maximum Gasteiger partial charge on any atom is 0.0410 e. The van der Waals surface area contributed by atoms with Crippen molar-refractivity contribution in [3.05, 3.63) is 33.3 Å². The summed E-state index contributed by atoms with van der Waals surface area (Å²) in [6.45, 7) is 6.67. The van der Waals surface area contributed by atoms with Gasteiger partial charge >= 0.3 is 0 Å². The molecular formula is C16H24BrClN2. The van der Waals surface area contributed by atoms with Gasteiger partial charge in [-0.05, 0) is 30.2 Å². The van der Waals surface area contributed by atoms with Crippen LogP contribution in [0, 0.1) is 0 Å². The molecule has 0 spiro atoms. The highest BCUT2D eigenvalue weighted by Gasteiger charge is 2.23. The Kier molecular flexibility index (Phi) is 6.82. The molecule has 0 unspecified atom stereocenters. The average Bonchev–Trinajstić information content (AvgIpc) is 2.48. The van der Waals surface area contributed by atoms with Crippen molar-refractivity contribution in [2.24, 2.45) is 0 Å². The van der Waals surface area contributed by atoms with Gasteiger partial charge in [-0.15, -0.1) is 0 Å². The molecule has 112 valence electrons. The van der Waals surface area contributed by atoms with Crippen LogP contribution in [0.4, 0.5) is 0 Å². The van der Waals surface area contributed by atoms with E-state index in [1.807, 2.05) is 6.07 Å². The molecule has 0 bridgehead atoms. The number of unbranched alkanes of at least 4 members (excludes halogenated alkanes) is 2. The molecule has 2 nitrogen and oxygen atoms in total. The number of halogens is 2. The number of nitrogens with one attached hydrogen (secondary N) is 1. The zero-order valence-corrected chi connectivity index (χ0v) is 14.5. The molecule has 1 aliphatic rings. The number of hydrogen-bond donors (Lipinski definition) is 1. The van der Waals surface area contributed by atoms with Gasteiger partial charge in [0.1, 0.15) is 0 Å². The third kappa shape index (κ3) is 4.45. The Balaban J connectivity index is 2.17. The molecule has 0 aromatic heterocycles. The Morgan fingerprint density at radius 3 is 2.75 bits per heavy atom. The first-order chi connectivity index (χ1) is 9.72. The fourth-order valence-electron chi connectivity index (χ4n) is 2.89. The number of benzene rings is 1. The minimum Gasteiger partial charge on any atom is -0.314 e. The van der Waals surface area contributed by atoms with Crippen LogP contribution >= 0.6 is 27.5 Å². The highest BCUT2D eigenvalue weighted by atomic mass is 79.9. The summed E-state index contributed by atoms with van der Waals surface area (Å²) in [5.41, 5.74) is 1.34. The van der Waals surface area contributed by atoms with Crippen molar-refractivity contribution in [1.82, 2.24) is 10.2 Å². The van der Waals surface area contributed by atoms with E-state index in [0.29, 0.717) is 6.04 Å². The maximum atomic E-state index is 6.21. The van der Waals surface area contributed by atoms with Crippen LogP contribution in [-0.4, -0.2) is 31.1 Å². The van der Waals surface area contributed by atoms with Gasteiger partial charge < -0.3 is 5.32 Å². The molecule has 1 aromatic carbocycles. The standard InChI is InChI=1S/C16H24BrClN2/c1-2-3-4-5-16(20-10-8-19-9-11-20)14-12-13(18)6-7-15(14)17/h6-7,12,16,19H,2-5,8-11H2,1H3/t16-/m0/s1. The lowest BCUT2D eigenvalue weighted by Gasteiger charge is -2.36. The number of rotatable bonds is 6. The molecule has 1 saturated heterocycles. The van der Waals surface area contributed by atoms with Crippen LogP contribution in [-0.2, 0) is 0 Å². The minimum absolute atomic E-state index is 0.483. The largest absolute Gasteiger partial charge is 0.314 e. The van der Waals surface area contributed by atoms with Crippen LogP contribution in [0.3, 0.4) is 0 Å². The Labute approximate surface area is 136 Å². The normalized spacial score (nSPS) is 18.1. The zero-order chi connectivity index (χ0) is 14.4. The first-order valence-corrected chi connectivity index (χ1v) is 8.79. The molecule has 0 radical (unpaired) electrons. The van der Waals surface area contributed by atoms with Crippen molar-refractivity contribution >= 4 is 27.5 Å². The fourth-order valence-corrected chi connectivity index (χ4v) is 3.58. The number of nitrogens with zero attached hydrogens (tertiary/aromatic N) is 1. The molecule has 0 saturated carbocycles. The first-order valence-electron chi connectivity index (χ1n) is 7.62. The molecule has 1 aliphatic heterocycles. The van der Waals surface area contributed by atoms with E-state index in [0.717, 1.165) is 31.2 Å². The fraction of sp³-hybridized carbons (Fsp3) is 0.625. The minimum atomic E-state index is 0.483. The molecule has 1 atom stereocenters. The topological polar surface area (TPSA) is 15.3 Å². The molecule has 2 rings (SSSR count). The van der Waals surface area contributed by atoms with Crippen molar-refractivity contribution < 1.29 is 0 Å². The van der Waals surface area contributed by atoms with Gasteiger partial charge in [0, 0.05) is 41.7 Å². The van der Waals surface area contributed by atoms with Crippen LogP contribution in [0.5, 0.6) is 0 Å². The summed E-state index contributed by atoms with van der Waals surface area (Å²) in [7, 11) is 0. The Morgan fingerprint density at radius 1 is 1.30 bits per heavy atom. The summed E-state index contributed by atoms with van der Waals surface area (Å²) >= 11 is 9.92. The highest BCUT2D eigenvalue weighted by Crippen LogP contribution is 2.34. The van der Waals surface area contributed by atoms with Gasteiger partial charge in [-0.25, -0.2) is 0 Å². The average molecular weight is 360 g/mol. The van der Waals surface area contributed by atoms with Gasteiger partial charge in [-0.3, -0.25) is 4.90 Å². The summed E-state index contributed by atoms with van der Waals surface area (Å²) in [6.07, 6.45) is 5.07. The second kappa shape index (κ2) is 8.38. The molecule has 1 aromatic rings. The van der Waals surface area contributed by atoms with Crippen molar-refractivity contribution in [2.75, 3.05) is 26.2 Å². The quantitative estimate of drug-likeness (QED) is 0.745. The molecule has 20 heavy (non-hydrogen) atoms. The second-order valence-corrected chi connectivity index (χ2v) is 6.75. The van der Waals surface area contributed by atoms with Crippen molar-refractivity contribution in [3.63, 3.8) is 0 Å². The van der Waals surface area contributed by atoms with Gasteiger partial charge in [0.15, 0.2) is 0 Å². The zero-order valence-electron chi connectivity index (χ0n) is 12.2. The summed E-state index contributed by atoms with van der Waals surface area (Å²) in [6, 6.07) is 6.64. The van der Waals surface area contributed by atoms with Crippen LogP contribution in [0.15, 0.2) is 22.7 Å². The molecule has 0 aliphatic carbocycles. The van der Waals surface area contributed by atoms with Crippen LogP contribution in [0.1, 0.15) is 44.2 Å². The highest BCUT2D eigenvalue weighted by molar-refractivity contribution is 9.10. The van der Waals surface area contributed by atoms with Gasteiger partial charge in [-0.2, -0.15) is 0 Å². The van der Waals surface area contributed by atoms with E-state index >= 15 is 0 Å². The third-order valence-electron chi connectivity index (χ3n) is 3.99. The molecule has 0 amide bonds. The van der Waals surface area contributed by atoms with E-state index in [1.54, 1.807) is 0 Å². The van der Waals surface area contributed by atoms with Crippen molar-refractivity contribution in [2.45, 2.75) is 38.6 Å². The van der Waals surface area contributed by atoms with E-state index in [4.69, 9.17) is 11.6 Å². The van der Waals surface area contributed by atoms with E-state index in [1.165, 1.54) is 35.7 Å². The Bertz CT molecular complexity index is 419.